The Morgan fingerprint density at radius 1 is 0.938 bits per heavy atom. The second-order valence-electron chi connectivity index (χ2n) is 8.51. The van der Waals surface area contributed by atoms with E-state index in [0.717, 1.165) is 66.9 Å². The van der Waals surface area contributed by atoms with Crippen molar-refractivity contribution in [1.82, 2.24) is 9.97 Å². The Morgan fingerprint density at radius 2 is 1.69 bits per heavy atom. The largest absolute Gasteiger partial charge is 0.333 e. The lowest BCUT2D eigenvalue weighted by molar-refractivity contribution is -0.364. The fourth-order valence-corrected chi connectivity index (χ4v) is 4.60. The lowest BCUT2D eigenvalue weighted by Gasteiger charge is -2.32. The molecule has 1 aliphatic heterocycles. The molecule has 2 aromatic heterocycles. The number of benzene rings is 1. The summed E-state index contributed by atoms with van der Waals surface area (Å²) in [4.78, 5) is 30.4. The Hall–Kier alpha value is -3.54. The number of rotatable bonds is 4. The average Bonchev–Trinajstić information content (AvgIpc) is 2.83. The fraction of sp³-hybridized carbons (Fsp3) is 0.308. The van der Waals surface area contributed by atoms with Crippen LogP contribution in [0.3, 0.4) is 0 Å². The third kappa shape index (κ3) is 4.26. The van der Waals surface area contributed by atoms with E-state index in [0.29, 0.717) is 6.42 Å². The molecule has 0 amide bonds. The van der Waals surface area contributed by atoms with Crippen LogP contribution in [-0.4, -0.2) is 41.9 Å². The van der Waals surface area contributed by atoms with E-state index >= 15 is 0 Å². The van der Waals surface area contributed by atoms with Crippen molar-refractivity contribution in [2.45, 2.75) is 19.8 Å². The van der Waals surface area contributed by atoms with Crippen LogP contribution in [0, 0.1) is 12.8 Å². The van der Waals surface area contributed by atoms with Gasteiger partial charge in [0.25, 0.3) is 5.82 Å². The van der Waals surface area contributed by atoms with Crippen LogP contribution in [0.1, 0.15) is 33.7 Å². The molecule has 0 spiro atoms. The summed E-state index contributed by atoms with van der Waals surface area (Å²) in [6.07, 6.45) is 7.52. The number of hydrogen-bond donors (Lipinski definition) is 0. The number of carbonyl (C=O) groups excluding carboxylic acids is 1. The highest BCUT2D eigenvalue weighted by Crippen LogP contribution is 2.29. The first kappa shape index (κ1) is 20.4. The molecular formula is C26H28N5O+. The molecule has 1 aliphatic carbocycles. The average molecular weight is 427 g/mol. The number of H-pyrrole nitrogens is 1. The predicted molar refractivity (Wildman–Crippen MR) is 126 cm³/mol. The van der Waals surface area contributed by atoms with Crippen LogP contribution in [-0.2, 0) is 6.42 Å². The third-order valence-corrected chi connectivity index (χ3v) is 6.29. The minimum atomic E-state index is 0.155. The van der Waals surface area contributed by atoms with E-state index in [1.54, 1.807) is 0 Å². The number of piperazine rings is 1. The summed E-state index contributed by atoms with van der Waals surface area (Å²) in [5.41, 5.74) is 3.58. The normalized spacial score (nSPS) is 18.8. The molecule has 0 bridgehead atoms. The van der Waals surface area contributed by atoms with E-state index in [-0.39, 0.29) is 11.7 Å². The maximum Gasteiger partial charge on any atom is 0.274 e. The summed E-state index contributed by atoms with van der Waals surface area (Å²) in [5.74, 6) is 2.21. The number of carbonyl (C=O) groups is 1. The van der Waals surface area contributed by atoms with E-state index in [1.807, 2.05) is 43.5 Å². The van der Waals surface area contributed by atoms with Crippen LogP contribution in [0.4, 0.5) is 11.8 Å². The number of nitrogens with zero attached hydrogens (tertiary/aromatic N) is 4. The summed E-state index contributed by atoms with van der Waals surface area (Å²) in [7, 11) is 0. The molecule has 0 unspecified atom stereocenters. The second kappa shape index (κ2) is 8.91. The highest BCUT2D eigenvalue weighted by Gasteiger charge is 2.30. The zero-order valence-electron chi connectivity index (χ0n) is 18.4. The number of fused-ring (bicyclic) bond motifs is 1. The number of Topliss-reactive ketones (excluding diaryl/α,β-unsaturated/α-hetero) is 1. The van der Waals surface area contributed by atoms with Crippen molar-refractivity contribution < 1.29 is 9.78 Å². The van der Waals surface area contributed by atoms with E-state index in [2.05, 4.69) is 45.1 Å². The second-order valence-corrected chi connectivity index (χ2v) is 8.51. The number of hydrogen-bond acceptors (Lipinski definition) is 5. The summed E-state index contributed by atoms with van der Waals surface area (Å²) in [6, 6.07) is 16.4. The Kier molecular flexibility index (Phi) is 5.67. The van der Waals surface area contributed by atoms with Crippen molar-refractivity contribution in [3.8, 4) is 0 Å². The minimum Gasteiger partial charge on any atom is -0.333 e. The van der Waals surface area contributed by atoms with Gasteiger partial charge in [0.2, 0.25) is 5.95 Å². The Morgan fingerprint density at radius 3 is 2.44 bits per heavy atom. The number of nitrogens with one attached hydrogen (secondary N) is 1. The maximum absolute atomic E-state index is 12.9. The van der Waals surface area contributed by atoms with Crippen LogP contribution in [0.2, 0.25) is 0 Å². The maximum atomic E-state index is 12.9. The molecule has 0 radical (unpaired) electrons. The van der Waals surface area contributed by atoms with Gasteiger partial charge in [-0.2, -0.15) is 0 Å². The van der Waals surface area contributed by atoms with Crippen molar-refractivity contribution >= 4 is 23.6 Å². The van der Waals surface area contributed by atoms with Crippen LogP contribution >= 0.6 is 0 Å². The number of anilines is 2. The summed E-state index contributed by atoms with van der Waals surface area (Å²) < 4.78 is 0. The Balaban J connectivity index is 1.32. The van der Waals surface area contributed by atoms with Crippen molar-refractivity contribution in [1.29, 1.82) is 0 Å². The standard InChI is InChI=1S/C26H27N5O/c1-19-25-22(17-21(18-23(25)32)11-10-20-7-3-2-4-8-20)29-26(28-19)31-15-13-30(14-16-31)24-9-5-6-12-27-24/h2-12,21H,13-18H2,1H3/p+1/b11-10+/t21-/m0/s1. The van der Waals surface area contributed by atoms with E-state index in [1.165, 1.54) is 0 Å². The quantitative estimate of drug-likeness (QED) is 0.640. The molecule has 1 N–H and O–H groups in total. The number of aryl methyl sites for hydroxylation is 1. The molecule has 1 saturated heterocycles. The molecule has 0 saturated carbocycles. The molecule has 1 aromatic carbocycles. The van der Waals surface area contributed by atoms with Crippen molar-refractivity contribution in [3.63, 3.8) is 0 Å². The highest BCUT2D eigenvalue weighted by atomic mass is 16.1. The fourth-order valence-electron chi connectivity index (χ4n) is 4.60. The lowest BCUT2D eigenvalue weighted by Crippen LogP contribution is -2.48. The first-order valence-corrected chi connectivity index (χ1v) is 11.3. The van der Waals surface area contributed by atoms with Crippen LogP contribution in [0.5, 0.6) is 0 Å². The molecule has 162 valence electrons. The van der Waals surface area contributed by atoms with Gasteiger partial charge in [-0.15, -0.1) is 0 Å². The van der Waals surface area contributed by atoms with Gasteiger partial charge in [-0.1, -0.05) is 48.6 Å². The number of ketones is 1. The monoisotopic (exact) mass is 426 g/mol. The van der Waals surface area contributed by atoms with Crippen molar-refractivity contribution in [2.24, 2.45) is 5.92 Å². The summed E-state index contributed by atoms with van der Waals surface area (Å²) in [6.45, 7) is 5.46. The first-order valence-electron chi connectivity index (χ1n) is 11.3. The SMILES string of the molecule is Cc1nc(N2CCN(c3cccc[nH+]3)CC2)nc2c1C(=O)C[C@@H](/C=C/c1ccccc1)C2. The molecule has 3 aromatic rings. The van der Waals surface area contributed by atoms with Crippen LogP contribution in [0.25, 0.3) is 6.08 Å². The minimum absolute atomic E-state index is 0.155. The summed E-state index contributed by atoms with van der Waals surface area (Å²) >= 11 is 0. The van der Waals surface area contributed by atoms with Gasteiger partial charge in [-0.3, -0.25) is 9.69 Å². The predicted octanol–water partition coefficient (Wildman–Crippen LogP) is 3.38. The topological polar surface area (TPSA) is 63.5 Å². The van der Waals surface area contributed by atoms with Gasteiger partial charge < -0.3 is 4.90 Å². The van der Waals surface area contributed by atoms with Crippen molar-refractivity contribution in [3.05, 3.63) is 83.3 Å². The third-order valence-electron chi connectivity index (χ3n) is 6.29. The van der Waals surface area contributed by atoms with Gasteiger partial charge in [0.15, 0.2) is 5.78 Å². The molecule has 5 rings (SSSR count). The van der Waals surface area contributed by atoms with E-state index in [9.17, 15) is 4.79 Å². The van der Waals surface area contributed by atoms with E-state index < -0.39 is 0 Å². The first-order chi connectivity index (χ1) is 15.7. The Bertz CT molecular complexity index is 1120. The van der Waals surface area contributed by atoms with Gasteiger partial charge in [0.1, 0.15) is 13.1 Å². The van der Waals surface area contributed by atoms with Gasteiger partial charge >= 0.3 is 0 Å². The highest BCUT2D eigenvalue weighted by molar-refractivity contribution is 5.99. The van der Waals surface area contributed by atoms with E-state index in [4.69, 9.17) is 9.97 Å². The molecule has 6 heteroatoms. The number of allylic oxidation sites excluding steroid dienone is 1. The molecule has 1 fully saturated rings. The van der Waals surface area contributed by atoms with Gasteiger partial charge in [-0.25, -0.2) is 15.0 Å². The van der Waals surface area contributed by atoms with Crippen LogP contribution < -0.4 is 14.8 Å². The molecule has 32 heavy (non-hydrogen) atoms. The lowest BCUT2D eigenvalue weighted by atomic mass is 9.85. The van der Waals surface area contributed by atoms with Gasteiger partial charge in [0.05, 0.1) is 36.2 Å². The van der Waals surface area contributed by atoms with Gasteiger partial charge in [0, 0.05) is 12.5 Å². The zero-order valence-corrected chi connectivity index (χ0v) is 18.4. The molecule has 2 aliphatic rings. The zero-order chi connectivity index (χ0) is 21.9. The number of aromatic amines is 1. The number of pyridine rings is 1. The van der Waals surface area contributed by atoms with Crippen molar-refractivity contribution in [2.75, 3.05) is 36.0 Å². The summed E-state index contributed by atoms with van der Waals surface area (Å²) in [5, 5.41) is 0. The molecule has 6 nitrogen and oxygen atoms in total. The Labute approximate surface area is 188 Å². The van der Waals surface area contributed by atoms with Crippen LogP contribution in [0.15, 0.2) is 60.8 Å². The van der Waals surface area contributed by atoms with Gasteiger partial charge in [-0.05, 0) is 30.9 Å². The molecule has 3 heterocycles. The number of aromatic nitrogens is 3. The molecular weight excluding hydrogens is 398 g/mol. The molecule has 1 atom stereocenters. The smallest absolute Gasteiger partial charge is 0.274 e.